The van der Waals surface area contributed by atoms with Gasteiger partial charge in [0, 0.05) is 24.5 Å². The van der Waals surface area contributed by atoms with Crippen molar-refractivity contribution >= 4 is 44.6 Å². The molecule has 2 N–H and O–H groups in total. The molecule has 1 atom stereocenters. The van der Waals surface area contributed by atoms with Crippen molar-refractivity contribution in [3.05, 3.63) is 34.4 Å². The number of aromatic nitrogens is 1. The second-order valence-electron chi connectivity index (χ2n) is 6.22. The summed E-state index contributed by atoms with van der Waals surface area (Å²) in [5.41, 5.74) is 1.22. The second-order valence-corrected chi connectivity index (χ2v) is 7.01. The van der Waals surface area contributed by atoms with Crippen molar-refractivity contribution in [3.63, 3.8) is 0 Å². The van der Waals surface area contributed by atoms with E-state index in [4.69, 9.17) is 4.74 Å². The highest BCUT2D eigenvalue weighted by Crippen LogP contribution is 2.30. The first-order valence-electron chi connectivity index (χ1n) is 8.46. The van der Waals surface area contributed by atoms with Crippen molar-refractivity contribution < 1.29 is 19.1 Å². The third-order valence-electron chi connectivity index (χ3n) is 4.44. The second kappa shape index (κ2) is 7.90. The molecule has 2 heterocycles. The molecule has 7 nitrogen and oxygen atoms in total. The number of halogens is 1. The number of nitrogens with zero attached hydrogens (tertiary/aromatic N) is 1. The monoisotopic (exact) mass is 421 g/mol. The lowest BCUT2D eigenvalue weighted by Crippen LogP contribution is -2.46. The van der Waals surface area contributed by atoms with Crippen molar-refractivity contribution in [1.29, 1.82) is 0 Å². The minimum Gasteiger partial charge on any atom is -0.451 e. The zero-order valence-corrected chi connectivity index (χ0v) is 16.0. The van der Waals surface area contributed by atoms with Gasteiger partial charge in [0.05, 0.1) is 4.47 Å². The van der Waals surface area contributed by atoms with Crippen LogP contribution >= 0.6 is 15.9 Å². The Bertz CT molecular complexity index is 822. The highest BCUT2D eigenvalue weighted by molar-refractivity contribution is 9.10. The first-order valence-corrected chi connectivity index (χ1v) is 9.25. The number of carbonyl (C=O) groups is 3. The number of nitrogens with one attached hydrogen (secondary N) is 2. The largest absolute Gasteiger partial charge is 0.451 e. The summed E-state index contributed by atoms with van der Waals surface area (Å²) in [5.74, 6) is -1.29. The quantitative estimate of drug-likeness (QED) is 0.737. The number of hydrogen-bond acceptors (Lipinski definition) is 4. The fraction of sp³-hybridized carbons (Fsp3) is 0.389. The Morgan fingerprint density at radius 3 is 2.88 bits per heavy atom. The number of hydrogen-bond donors (Lipinski definition) is 2. The number of aryl methyl sites for hydroxylation is 1. The van der Waals surface area contributed by atoms with Crippen LogP contribution in [0.25, 0.3) is 10.9 Å². The van der Waals surface area contributed by atoms with Crippen LogP contribution < -0.4 is 10.6 Å². The Hall–Kier alpha value is -2.35. The molecule has 0 unspecified atom stereocenters. The summed E-state index contributed by atoms with van der Waals surface area (Å²) in [6.07, 6.45) is 2.33. The molecule has 0 saturated carbocycles. The number of carbonyl (C=O) groups excluding carboxylic acids is 3. The predicted octanol–water partition coefficient (Wildman–Crippen LogP) is 1.88. The Labute approximate surface area is 159 Å². The normalized spacial score (nSPS) is 17.5. The molecular weight excluding hydrogens is 402 g/mol. The van der Waals surface area contributed by atoms with Crippen LogP contribution in [-0.2, 0) is 21.4 Å². The summed E-state index contributed by atoms with van der Waals surface area (Å²) in [6, 6.07) is 6.98. The molecule has 26 heavy (non-hydrogen) atoms. The van der Waals surface area contributed by atoms with Crippen molar-refractivity contribution in [2.45, 2.75) is 25.3 Å². The standard InChI is InChI=1S/C18H20BrN3O4/c1-22-13-8-3-2-6-11(13)15(19)16(22)18(25)26-10-14(23)21-12-7-4-5-9-20-17(12)24/h2-3,6,8,12H,4-5,7,9-10H2,1H3,(H,20,24)(H,21,23)/t12-/m1/s1. The summed E-state index contributed by atoms with van der Waals surface area (Å²) >= 11 is 3.43. The van der Waals surface area contributed by atoms with E-state index in [0.717, 1.165) is 23.7 Å². The number of ether oxygens (including phenoxy) is 1. The molecule has 1 fully saturated rings. The van der Waals surface area contributed by atoms with Crippen LogP contribution in [0, 0.1) is 0 Å². The number of esters is 1. The third-order valence-corrected chi connectivity index (χ3v) is 5.25. The van der Waals surface area contributed by atoms with Gasteiger partial charge >= 0.3 is 5.97 Å². The van der Waals surface area contributed by atoms with Crippen molar-refractivity contribution in [1.82, 2.24) is 15.2 Å². The van der Waals surface area contributed by atoms with Gasteiger partial charge in [0.25, 0.3) is 5.91 Å². The van der Waals surface area contributed by atoms with Crippen molar-refractivity contribution in [3.8, 4) is 0 Å². The highest BCUT2D eigenvalue weighted by Gasteiger charge is 2.24. The molecule has 1 saturated heterocycles. The maximum absolute atomic E-state index is 12.4. The zero-order valence-electron chi connectivity index (χ0n) is 14.4. The van der Waals surface area contributed by atoms with Crippen LogP contribution in [0.1, 0.15) is 29.8 Å². The van der Waals surface area contributed by atoms with Gasteiger partial charge in [-0.2, -0.15) is 0 Å². The summed E-state index contributed by atoms with van der Waals surface area (Å²) in [7, 11) is 1.76. The Morgan fingerprint density at radius 1 is 1.35 bits per heavy atom. The van der Waals surface area contributed by atoms with E-state index in [0.29, 0.717) is 23.1 Å². The van der Waals surface area contributed by atoms with E-state index in [1.807, 2.05) is 24.3 Å². The van der Waals surface area contributed by atoms with Gasteiger partial charge in [-0.25, -0.2) is 4.79 Å². The fourth-order valence-corrected chi connectivity index (χ4v) is 3.85. The number of benzene rings is 1. The minimum absolute atomic E-state index is 0.196. The Balaban J connectivity index is 1.64. The lowest BCUT2D eigenvalue weighted by atomic mass is 10.1. The van der Waals surface area contributed by atoms with Crippen molar-refractivity contribution in [2.24, 2.45) is 7.05 Å². The van der Waals surface area contributed by atoms with E-state index in [9.17, 15) is 14.4 Å². The minimum atomic E-state index is -0.601. The van der Waals surface area contributed by atoms with E-state index in [1.165, 1.54) is 0 Å². The zero-order chi connectivity index (χ0) is 18.7. The highest BCUT2D eigenvalue weighted by atomic mass is 79.9. The average molecular weight is 422 g/mol. The molecule has 0 aliphatic carbocycles. The SMILES string of the molecule is Cn1c(C(=O)OCC(=O)N[C@@H]2CCCCNC2=O)c(Br)c2ccccc21. The van der Waals surface area contributed by atoms with E-state index in [1.54, 1.807) is 11.6 Å². The summed E-state index contributed by atoms with van der Waals surface area (Å²) in [4.78, 5) is 36.4. The molecule has 3 rings (SSSR count). The third kappa shape index (κ3) is 3.75. The molecule has 0 radical (unpaired) electrons. The number of para-hydroxylation sites is 1. The smallest absolute Gasteiger partial charge is 0.356 e. The first-order chi connectivity index (χ1) is 12.5. The van der Waals surface area contributed by atoms with Gasteiger partial charge in [0.2, 0.25) is 5.91 Å². The van der Waals surface area contributed by atoms with Gasteiger partial charge in [-0.3, -0.25) is 9.59 Å². The molecular formula is C18H20BrN3O4. The maximum Gasteiger partial charge on any atom is 0.356 e. The molecule has 1 aromatic carbocycles. The predicted molar refractivity (Wildman–Crippen MR) is 99.7 cm³/mol. The molecule has 1 aromatic heterocycles. The average Bonchev–Trinajstić information content (AvgIpc) is 2.75. The van der Waals surface area contributed by atoms with Crippen LogP contribution in [0.2, 0.25) is 0 Å². The lowest BCUT2D eigenvalue weighted by Gasteiger charge is -2.15. The first kappa shape index (κ1) is 18.4. The topological polar surface area (TPSA) is 89.4 Å². The van der Waals surface area contributed by atoms with Crippen LogP contribution in [0.3, 0.4) is 0 Å². The lowest BCUT2D eigenvalue weighted by molar-refractivity contribution is -0.130. The van der Waals surface area contributed by atoms with Gasteiger partial charge in [-0.15, -0.1) is 0 Å². The van der Waals surface area contributed by atoms with Gasteiger partial charge in [-0.1, -0.05) is 18.2 Å². The van der Waals surface area contributed by atoms with Crippen LogP contribution in [0.4, 0.5) is 0 Å². The van der Waals surface area contributed by atoms with E-state index in [-0.39, 0.29) is 5.91 Å². The Morgan fingerprint density at radius 2 is 2.12 bits per heavy atom. The van der Waals surface area contributed by atoms with Gasteiger partial charge in [0.1, 0.15) is 11.7 Å². The van der Waals surface area contributed by atoms with Gasteiger partial charge in [-0.05, 0) is 41.3 Å². The number of amides is 2. The van der Waals surface area contributed by atoms with Crippen LogP contribution in [0.5, 0.6) is 0 Å². The van der Waals surface area contributed by atoms with Gasteiger partial charge < -0.3 is 19.9 Å². The van der Waals surface area contributed by atoms with Gasteiger partial charge in [0.15, 0.2) is 6.61 Å². The molecule has 1 aliphatic rings. The van der Waals surface area contributed by atoms with E-state index < -0.39 is 24.5 Å². The fourth-order valence-electron chi connectivity index (χ4n) is 3.09. The van der Waals surface area contributed by atoms with E-state index in [2.05, 4.69) is 26.6 Å². The molecule has 2 aromatic rings. The molecule has 2 amide bonds. The molecule has 0 bridgehead atoms. The summed E-state index contributed by atoms with van der Waals surface area (Å²) < 4.78 is 7.51. The molecule has 0 spiro atoms. The molecule has 1 aliphatic heterocycles. The number of fused-ring (bicyclic) bond motifs is 1. The Kier molecular flexibility index (Phi) is 5.61. The van der Waals surface area contributed by atoms with Crippen LogP contribution in [0.15, 0.2) is 28.7 Å². The van der Waals surface area contributed by atoms with Crippen molar-refractivity contribution in [2.75, 3.05) is 13.2 Å². The summed E-state index contributed by atoms with van der Waals surface area (Å²) in [5, 5.41) is 6.26. The molecule has 8 heteroatoms. The van der Waals surface area contributed by atoms with Crippen LogP contribution in [-0.4, -0.2) is 41.5 Å². The van der Waals surface area contributed by atoms with E-state index >= 15 is 0 Å². The molecule has 138 valence electrons. The maximum atomic E-state index is 12.4. The number of rotatable bonds is 4. The summed E-state index contributed by atoms with van der Waals surface area (Å²) in [6.45, 7) is 0.186.